The summed E-state index contributed by atoms with van der Waals surface area (Å²) in [4.78, 5) is 0. The van der Waals surface area contributed by atoms with Crippen molar-refractivity contribution in [2.75, 3.05) is 6.54 Å². The molecular formula is C10H16F2N4. The molecule has 0 atom stereocenters. The smallest absolute Gasteiger partial charge is 0.248 e. The van der Waals surface area contributed by atoms with E-state index in [-0.39, 0.29) is 18.3 Å². The minimum Gasteiger partial charge on any atom is -0.330 e. The number of halogens is 2. The first-order valence-electron chi connectivity index (χ1n) is 5.42. The Labute approximate surface area is 92.8 Å². The van der Waals surface area contributed by atoms with Crippen LogP contribution in [-0.4, -0.2) is 27.5 Å². The molecule has 0 aromatic carbocycles. The number of rotatable bonds is 2. The highest BCUT2D eigenvalue weighted by Gasteiger charge is 2.45. The SMILES string of the molecule is Cn1nncc1C1(CN)CCC(F)(F)CC1. The van der Waals surface area contributed by atoms with E-state index in [0.717, 1.165) is 5.69 Å². The molecule has 6 heteroatoms. The fourth-order valence-corrected chi connectivity index (χ4v) is 2.43. The first kappa shape index (κ1) is 11.4. The van der Waals surface area contributed by atoms with Crippen molar-refractivity contribution in [2.45, 2.75) is 37.0 Å². The first-order valence-corrected chi connectivity index (χ1v) is 5.42. The van der Waals surface area contributed by atoms with Gasteiger partial charge in [0.05, 0.1) is 11.9 Å². The van der Waals surface area contributed by atoms with Gasteiger partial charge in [0, 0.05) is 31.8 Å². The lowest BCUT2D eigenvalue weighted by Gasteiger charge is -2.38. The van der Waals surface area contributed by atoms with Crippen LogP contribution in [0.4, 0.5) is 8.78 Å². The first-order chi connectivity index (χ1) is 7.49. The number of nitrogens with zero attached hydrogens (tertiary/aromatic N) is 3. The molecule has 0 radical (unpaired) electrons. The molecule has 1 aromatic rings. The third-order valence-electron chi connectivity index (χ3n) is 3.59. The molecule has 0 aliphatic heterocycles. The molecule has 90 valence electrons. The molecule has 1 aliphatic carbocycles. The van der Waals surface area contributed by atoms with Crippen molar-refractivity contribution in [3.05, 3.63) is 11.9 Å². The fourth-order valence-electron chi connectivity index (χ4n) is 2.43. The molecule has 2 rings (SSSR count). The predicted molar refractivity (Wildman–Crippen MR) is 55.2 cm³/mol. The van der Waals surface area contributed by atoms with Crippen LogP contribution in [0.2, 0.25) is 0 Å². The normalized spacial score (nSPS) is 23.2. The standard InChI is InChI=1S/C10H16F2N4/c1-16-8(6-14-15-16)9(7-13)2-4-10(11,12)5-3-9/h6H,2-5,7,13H2,1H3. The molecule has 1 saturated carbocycles. The van der Waals surface area contributed by atoms with Crippen molar-refractivity contribution >= 4 is 0 Å². The quantitative estimate of drug-likeness (QED) is 0.831. The van der Waals surface area contributed by atoms with E-state index >= 15 is 0 Å². The fraction of sp³-hybridized carbons (Fsp3) is 0.800. The number of alkyl halides is 2. The largest absolute Gasteiger partial charge is 0.330 e. The second-order valence-corrected chi connectivity index (χ2v) is 4.58. The van der Waals surface area contributed by atoms with Crippen LogP contribution in [0.25, 0.3) is 0 Å². The van der Waals surface area contributed by atoms with Crippen LogP contribution in [0, 0.1) is 0 Å². The summed E-state index contributed by atoms with van der Waals surface area (Å²) in [5.74, 6) is -2.54. The molecule has 0 spiro atoms. The maximum absolute atomic E-state index is 13.1. The Morgan fingerprint density at radius 3 is 2.44 bits per heavy atom. The van der Waals surface area contributed by atoms with Crippen LogP contribution in [0.15, 0.2) is 6.20 Å². The molecule has 4 nitrogen and oxygen atoms in total. The highest BCUT2D eigenvalue weighted by Crippen LogP contribution is 2.44. The van der Waals surface area contributed by atoms with E-state index in [0.29, 0.717) is 19.4 Å². The topological polar surface area (TPSA) is 56.7 Å². The highest BCUT2D eigenvalue weighted by atomic mass is 19.3. The summed E-state index contributed by atoms with van der Waals surface area (Å²) >= 11 is 0. The molecule has 0 unspecified atom stereocenters. The van der Waals surface area contributed by atoms with Gasteiger partial charge in [0.25, 0.3) is 0 Å². The van der Waals surface area contributed by atoms with E-state index in [2.05, 4.69) is 10.3 Å². The van der Waals surface area contributed by atoms with Gasteiger partial charge >= 0.3 is 0 Å². The van der Waals surface area contributed by atoms with Crippen LogP contribution in [0.1, 0.15) is 31.4 Å². The van der Waals surface area contributed by atoms with Gasteiger partial charge in [-0.15, -0.1) is 5.10 Å². The number of nitrogens with two attached hydrogens (primary N) is 1. The Morgan fingerprint density at radius 1 is 1.38 bits per heavy atom. The molecular weight excluding hydrogens is 214 g/mol. The molecule has 1 fully saturated rings. The van der Waals surface area contributed by atoms with E-state index < -0.39 is 5.92 Å². The predicted octanol–water partition coefficient (Wildman–Crippen LogP) is 1.22. The van der Waals surface area contributed by atoms with Gasteiger partial charge < -0.3 is 5.73 Å². The van der Waals surface area contributed by atoms with Crippen molar-refractivity contribution in [1.29, 1.82) is 0 Å². The van der Waals surface area contributed by atoms with Crippen molar-refractivity contribution < 1.29 is 8.78 Å². The summed E-state index contributed by atoms with van der Waals surface area (Å²) in [6.45, 7) is 0.365. The molecule has 1 heterocycles. The summed E-state index contributed by atoms with van der Waals surface area (Å²) < 4.78 is 27.9. The molecule has 0 saturated heterocycles. The lowest BCUT2D eigenvalue weighted by atomic mass is 9.71. The monoisotopic (exact) mass is 230 g/mol. The Balaban J connectivity index is 2.26. The number of aromatic nitrogens is 3. The van der Waals surface area contributed by atoms with Gasteiger partial charge in [0.1, 0.15) is 0 Å². The third kappa shape index (κ3) is 1.81. The summed E-state index contributed by atoms with van der Waals surface area (Å²) in [7, 11) is 1.77. The number of hydrogen-bond acceptors (Lipinski definition) is 3. The van der Waals surface area contributed by atoms with Crippen LogP contribution in [0.3, 0.4) is 0 Å². The van der Waals surface area contributed by atoms with Gasteiger partial charge in [-0.1, -0.05) is 5.21 Å². The summed E-state index contributed by atoms with van der Waals surface area (Å²) in [5, 5.41) is 7.64. The third-order valence-corrected chi connectivity index (χ3v) is 3.59. The van der Waals surface area contributed by atoms with Crippen LogP contribution >= 0.6 is 0 Å². The lowest BCUT2D eigenvalue weighted by Crippen LogP contribution is -2.43. The minimum absolute atomic E-state index is 0.102. The van der Waals surface area contributed by atoms with E-state index in [9.17, 15) is 8.78 Å². The van der Waals surface area contributed by atoms with Gasteiger partial charge in [0.15, 0.2) is 0 Å². The number of aryl methyl sites for hydroxylation is 1. The zero-order valence-corrected chi connectivity index (χ0v) is 9.29. The molecule has 16 heavy (non-hydrogen) atoms. The van der Waals surface area contributed by atoms with E-state index in [1.54, 1.807) is 17.9 Å². The van der Waals surface area contributed by atoms with Gasteiger partial charge in [-0.05, 0) is 12.8 Å². The van der Waals surface area contributed by atoms with Crippen molar-refractivity contribution in [3.63, 3.8) is 0 Å². The average Bonchev–Trinajstić information content (AvgIpc) is 2.66. The number of hydrogen-bond donors (Lipinski definition) is 1. The second kappa shape index (κ2) is 3.76. The zero-order valence-electron chi connectivity index (χ0n) is 9.29. The molecule has 0 amide bonds. The van der Waals surface area contributed by atoms with E-state index in [1.807, 2.05) is 0 Å². The summed E-state index contributed by atoms with van der Waals surface area (Å²) in [5.41, 5.74) is 6.26. The highest BCUT2D eigenvalue weighted by molar-refractivity contribution is 5.16. The summed E-state index contributed by atoms with van der Waals surface area (Å²) in [6.07, 6.45) is 2.23. The van der Waals surface area contributed by atoms with Gasteiger partial charge in [0.2, 0.25) is 5.92 Å². The van der Waals surface area contributed by atoms with Crippen molar-refractivity contribution in [3.8, 4) is 0 Å². The van der Waals surface area contributed by atoms with E-state index in [4.69, 9.17) is 5.73 Å². The Bertz CT molecular complexity index is 365. The van der Waals surface area contributed by atoms with E-state index in [1.165, 1.54) is 0 Å². The van der Waals surface area contributed by atoms with Gasteiger partial charge in [-0.25, -0.2) is 8.78 Å². The van der Waals surface area contributed by atoms with Crippen molar-refractivity contribution in [1.82, 2.24) is 15.0 Å². The van der Waals surface area contributed by atoms with Gasteiger partial charge in [-0.3, -0.25) is 4.68 Å². The van der Waals surface area contributed by atoms with Crippen molar-refractivity contribution in [2.24, 2.45) is 12.8 Å². The molecule has 2 N–H and O–H groups in total. The average molecular weight is 230 g/mol. The minimum atomic E-state index is -2.54. The molecule has 1 aromatic heterocycles. The van der Waals surface area contributed by atoms with Gasteiger partial charge in [-0.2, -0.15) is 0 Å². The Kier molecular flexibility index (Phi) is 2.69. The Morgan fingerprint density at radius 2 is 2.00 bits per heavy atom. The lowest BCUT2D eigenvalue weighted by molar-refractivity contribution is -0.0518. The molecule has 1 aliphatic rings. The summed E-state index contributed by atoms with van der Waals surface area (Å²) in [6, 6.07) is 0. The Hall–Kier alpha value is -1.04. The van der Waals surface area contributed by atoms with Crippen LogP contribution in [0.5, 0.6) is 0 Å². The maximum Gasteiger partial charge on any atom is 0.248 e. The van der Waals surface area contributed by atoms with Crippen LogP contribution < -0.4 is 5.73 Å². The molecule has 0 bridgehead atoms. The maximum atomic E-state index is 13.1. The second-order valence-electron chi connectivity index (χ2n) is 4.58. The zero-order chi connectivity index (χ0) is 11.8. The van der Waals surface area contributed by atoms with Crippen LogP contribution in [-0.2, 0) is 12.5 Å².